The molecule has 0 aliphatic carbocycles. The van der Waals surface area contributed by atoms with Crippen molar-refractivity contribution < 1.29 is 9.57 Å². The van der Waals surface area contributed by atoms with Gasteiger partial charge < -0.3 is 4.74 Å². The highest BCUT2D eigenvalue weighted by molar-refractivity contribution is 5.36. The predicted octanol–water partition coefficient (Wildman–Crippen LogP) is 3.23. The van der Waals surface area contributed by atoms with Crippen LogP contribution in [0.1, 0.15) is 16.7 Å². The Kier molecular flexibility index (Phi) is 4.95. The first-order chi connectivity index (χ1) is 9.29. The van der Waals surface area contributed by atoms with Gasteiger partial charge in [-0.25, -0.2) is 0 Å². The van der Waals surface area contributed by atoms with E-state index in [-0.39, 0.29) is 0 Å². The quantitative estimate of drug-likeness (QED) is 0.636. The molecule has 0 unspecified atom stereocenters. The molecule has 0 aliphatic heterocycles. The molecule has 0 bridgehead atoms. The largest absolute Gasteiger partial charge is 0.496 e. The average Bonchev–Trinajstić information content (AvgIpc) is 2.45. The van der Waals surface area contributed by atoms with E-state index in [2.05, 4.69) is 18.5 Å². The molecule has 0 amide bonds. The van der Waals surface area contributed by atoms with Crippen molar-refractivity contribution in [3.8, 4) is 5.75 Å². The molecule has 0 fully saturated rings. The number of benzene rings is 2. The molecule has 0 atom stereocenters. The van der Waals surface area contributed by atoms with Crippen LogP contribution in [0.15, 0.2) is 48.5 Å². The fourth-order valence-corrected chi connectivity index (χ4v) is 1.88. The lowest BCUT2D eigenvalue weighted by Crippen LogP contribution is -2.14. The zero-order valence-corrected chi connectivity index (χ0v) is 11.3. The third kappa shape index (κ3) is 4.09. The Morgan fingerprint density at radius 1 is 1.05 bits per heavy atom. The first-order valence-corrected chi connectivity index (χ1v) is 6.31. The van der Waals surface area contributed by atoms with Crippen LogP contribution in [0.25, 0.3) is 0 Å². The van der Waals surface area contributed by atoms with Gasteiger partial charge in [-0.3, -0.25) is 4.84 Å². The summed E-state index contributed by atoms with van der Waals surface area (Å²) in [6, 6.07) is 16.2. The predicted molar refractivity (Wildman–Crippen MR) is 75.8 cm³/mol. The van der Waals surface area contributed by atoms with Gasteiger partial charge >= 0.3 is 0 Å². The van der Waals surface area contributed by atoms with Crippen LogP contribution in [0.4, 0.5) is 0 Å². The van der Waals surface area contributed by atoms with E-state index in [1.807, 2.05) is 42.5 Å². The Morgan fingerprint density at radius 2 is 1.84 bits per heavy atom. The summed E-state index contributed by atoms with van der Waals surface area (Å²) in [5, 5.41) is 0. The van der Waals surface area contributed by atoms with E-state index in [4.69, 9.17) is 9.57 Å². The molecule has 0 saturated heterocycles. The average molecular weight is 257 g/mol. The molecular formula is C16H19NO2. The second-order valence-electron chi connectivity index (χ2n) is 4.41. The van der Waals surface area contributed by atoms with Gasteiger partial charge in [-0.2, -0.15) is 5.48 Å². The zero-order chi connectivity index (χ0) is 13.5. The van der Waals surface area contributed by atoms with Gasteiger partial charge in [0.05, 0.1) is 13.7 Å². The molecule has 2 aromatic carbocycles. The van der Waals surface area contributed by atoms with Crippen LogP contribution < -0.4 is 10.2 Å². The van der Waals surface area contributed by atoms with Crippen molar-refractivity contribution in [3.63, 3.8) is 0 Å². The molecule has 0 heterocycles. The number of hydroxylamine groups is 1. The summed E-state index contributed by atoms with van der Waals surface area (Å²) in [7, 11) is 1.68. The third-order valence-electron chi connectivity index (χ3n) is 2.88. The summed E-state index contributed by atoms with van der Waals surface area (Å²) in [5.41, 5.74) is 6.42. The van der Waals surface area contributed by atoms with Crippen molar-refractivity contribution in [2.75, 3.05) is 7.11 Å². The van der Waals surface area contributed by atoms with Gasteiger partial charge in [0.2, 0.25) is 0 Å². The number of hydrogen-bond donors (Lipinski definition) is 1. The van der Waals surface area contributed by atoms with E-state index in [9.17, 15) is 0 Å². The Bertz CT molecular complexity index is 511. The van der Waals surface area contributed by atoms with Crippen molar-refractivity contribution in [1.29, 1.82) is 0 Å². The lowest BCUT2D eigenvalue weighted by molar-refractivity contribution is 0.0231. The molecule has 100 valence electrons. The summed E-state index contributed by atoms with van der Waals surface area (Å²) >= 11 is 0. The number of aryl methyl sites for hydroxylation is 1. The van der Waals surface area contributed by atoms with E-state index < -0.39 is 0 Å². The maximum absolute atomic E-state index is 5.46. The van der Waals surface area contributed by atoms with Gasteiger partial charge in [0, 0.05) is 12.1 Å². The van der Waals surface area contributed by atoms with E-state index in [0.717, 1.165) is 16.9 Å². The zero-order valence-electron chi connectivity index (χ0n) is 11.3. The molecular weight excluding hydrogens is 238 g/mol. The molecule has 3 heteroatoms. The molecule has 2 rings (SSSR count). The number of ether oxygens (including phenoxy) is 1. The van der Waals surface area contributed by atoms with Gasteiger partial charge in [0.15, 0.2) is 0 Å². The molecule has 0 spiro atoms. The van der Waals surface area contributed by atoms with E-state index in [0.29, 0.717) is 13.2 Å². The minimum Gasteiger partial charge on any atom is -0.496 e. The van der Waals surface area contributed by atoms with Gasteiger partial charge in [-0.1, -0.05) is 48.0 Å². The van der Waals surface area contributed by atoms with Crippen molar-refractivity contribution in [1.82, 2.24) is 5.48 Å². The minimum absolute atomic E-state index is 0.551. The minimum atomic E-state index is 0.551. The topological polar surface area (TPSA) is 30.5 Å². The molecule has 3 nitrogen and oxygen atoms in total. The molecule has 0 aliphatic rings. The van der Waals surface area contributed by atoms with E-state index in [1.54, 1.807) is 7.11 Å². The first-order valence-electron chi connectivity index (χ1n) is 6.31. The van der Waals surface area contributed by atoms with Gasteiger partial charge in [0.1, 0.15) is 5.75 Å². The highest BCUT2D eigenvalue weighted by atomic mass is 16.6. The lowest BCUT2D eigenvalue weighted by Gasteiger charge is -2.10. The van der Waals surface area contributed by atoms with Gasteiger partial charge in [-0.15, -0.1) is 0 Å². The number of hydrogen-bond acceptors (Lipinski definition) is 3. The van der Waals surface area contributed by atoms with Crippen molar-refractivity contribution in [3.05, 3.63) is 65.2 Å². The molecule has 0 radical (unpaired) electrons. The molecule has 0 aromatic heterocycles. The van der Waals surface area contributed by atoms with Crippen LogP contribution >= 0.6 is 0 Å². The van der Waals surface area contributed by atoms with Crippen molar-refractivity contribution in [2.45, 2.75) is 20.1 Å². The SMILES string of the molecule is COc1ccc(C)cc1CNOCc1ccccc1. The van der Waals surface area contributed by atoms with Crippen LogP contribution in [0, 0.1) is 6.92 Å². The second-order valence-corrected chi connectivity index (χ2v) is 4.41. The Morgan fingerprint density at radius 3 is 2.58 bits per heavy atom. The monoisotopic (exact) mass is 257 g/mol. The molecule has 0 saturated carbocycles. The number of rotatable bonds is 6. The number of nitrogens with one attached hydrogen (secondary N) is 1. The van der Waals surface area contributed by atoms with Gasteiger partial charge in [0.25, 0.3) is 0 Å². The van der Waals surface area contributed by atoms with Crippen LogP contribution in [-0.4, -0.2) is 7.11 Å². The summed E-state index contributed by atoms with van der Waals surface area (Å²) in [6.07, 6.45) is 0. The molecule has 1 N–H and O–H groups in total. The smallest absolute Gasteiger partial charge is 0.123 e. The summed E-state index contributed by atoms with van der Waals surface area (Å²) in [6.45, 7) is 3.24. The van der Waals surface area contributed by atoms with Crippen LogP contribution in [0.2, 0.25) is 0 Å². The summed E-state index contributed by atoms with van der Waals surface area (Å²) in [5.74, 6) is 0.876. The normalized spacial score (nSPS) is 10.4. The van der Waals surface area contributed by atoms with E-state index >= 15 is 0 Å². The van der Waals surface area contributed by atoms with Crippen molar-refractivity contribution >= 4 is 0 Å². The maximum atomic E-state index is 5.46. The highest BCUT2D eigenvalue weighted by Gasteiger charge is 2.02. The summed E-state index contributed by atoms with van der Waals surface area (Å²) in [4.78, 5) is 5.46. The highest BCUT2D eigenvalue weighted by Crippen LogP contribution is 2.19. The van der Waals surface area contributed by atoms with E-state index in [1.165, 1.54) is 5.56 Å². The van der Waals surface area contributed by atoms with Crippen LogP contribution in [-0.2, 0) is 18.0 Å². The van der Waals surface area contributed by atoms with Crippen LogP contribution in [0.5, 0.6) is 5.75 Å². The van der Waals surface area contributed by atoms with Gasteiger partial charge in [-0.05, 0) is 18.6 Å². The van der Waals surface area contributed by atoms with Crippen LogP contribution in [0.3, 0.4) is 0 Å². The maximum Gasteiger partial charge on any atom is 0.123 e. The number of methoxy groups -OCH3 is 1. The molecule has 19 heavy (non-hydrogen) atoms. The molecule has 2 aromatic rings. The van der Waals surface area contributed by atoms with Crippen molar-refractivity contribution in [2.24, 2.45) is 0 Å². The second kappa shape index (κ2) is 6.92. The Labute approximate surface area is 114 Å². The Balaban J connectivity index is 1.84. The summed E-state index contributed by atoms with van der Waals surface area (Å²) < 4.78 is 5.32. The lowest BCUT2D eigenvalue weighted by atomic mass is 10.1. The Hall–Kier alpha value is -1.84. The standard InChI is InChI=1S/C16H19NO2/c1-13-8-9-16(18-2)15(10-13)11-17-19-12-14-6-4-3-5-7-14/h3-10,17H,11-12H2,1-2H3. The third-order valence-corrected chi connectivity index (χ3v) is 2.88. The fraction of sp³-hybridized carbons (Fsp3) is 0.250. The fourth-order valence-electron chi connectivity index (χ4n) is 1.88. The first kappa shape index (κ1) is 13.6.